The van der Waals surface area contributed by atoms with Crippen molar-refractivity contribution in [2.24, 2.45) is 5.92 Å². The van der Waals surface area contributed by atoms with Crippen molar-refractivity contribution >= 4 is 40.2 Å². The molecule has 2 rings (SSSR count). The smallest absolute Gasteiger partial charge is 0.320 e. The van der Waals surface area contributed by atoms with Crippen LogP contribution in [-0.4, -0.2) is 17.1 Å². The van der Waals surface area contributed by atoms with Crippen molar-refractivity contribution in [1.29, 1.82) is 0 Å². The van der Waals surface area contributed by atoms with Crippen LogP contribution in [0, 0.1) is 5.92 Å². The lowest BCUT2D eigenvalue weighted by Crippen LogP contribution is -2.40. The molecule has 0 aliphatic rings. The Morgan fingerprint density at radius 2 is 2.10 bits per heavy atom. The Morgan fingerprint density at radius 1 is 1.33 bits per heavy atom. The van der Waals surface area contributed by atoms with Crippen LogP contribution in [0.2, 0.25) is 4.34 Å². The number of carboxylic acids is 1. The van der Waals surface area contributed by atoms with Gasteiger partial charge in [0.1, 0.15) is 6.04 Å². The van der Waals surface area contributed by atoms with Crippen LogP contribution in [0.4, 0.5) is 0 Å². The third-order valence-electron chi connectivity index (χ3n) is 3.08. The van der Waals surface area contributed by atoms with Crippen LogP contribution >= 0.6 is 34.3 Å². The summed E-state index contributed by atoms with van der Waals surface area (Å²) >= 11 is 9.13. The maximum absolute atomic E-state index is 11.5. The molecule has 0 aromatic carbocycles. The highest BCUT2D eigenvalue weighted by Gasteiger charge is 2.26. The number of thiophene rings is 2. The topological polar surface area (TPSA) is 49.3 Å². The molecule has 0 amide bonds. The van der Waals surface area contributed by atoms with E-state index in [1.54, 1.807) is 11.3 Å². The molecule has 0 fully saturated rings. The van der Waals surface area contributed by atoms with E-state index in [0.29, 0.717) is 16.7 Å². The number of hydrogen-bond donors (Lipinski definition) is 2. The maximum atomic E-state index is 11.5. The van der Waals surface area contributed by atoms with E-state index in [1.165, 1.54) is 11.3 Å². The van der Waals surface area contributed by atoms with Crippen molar-refractivity contribution in [3.8, 4) is 0 Å². The Morgan fingerprint density at radius 3 is 2.57 bits per heavy atom. The van der Waals surface area contributed by atoms with Gasteiger partial charge in [-0.2, -0.15) is 0 Å². The molecule has 114 valence electrons. The standard InChI is InChI=1S/C15H18ClNO2S2/c1-9(2)8-10(15(18)19)17-14(11-4-3-7-20-11)12-5-6-13(16)21-12/h3-7,9-10,14,17H,8H2,1-2H3,(H,18,19). The summed E-state index contributed by atoms with van der Waals surface area (Å²) in [5.41, 5.74) is 0. The Balaban J connectivity index is 2.25. The van der Waals surface area contributed by atoms with Crippen molar-refractivity contribution in [2.45, 2.75) is 32.4 Å². The van der Waals surface area contributed by atoms with Gasteiger partial charge in [-0.15, -0.1) is 22.7 Å². The highest BCUT2D eigenvalue weighted by molar-refractivity contribution is 7.16. The third-order valence-corrected chi connectivity index (χ3v) is 5.31. The predicted molar refractivity (Wildman–Crippen MR) is 89.5 cm³/mol. The van der Waals surface area contributed by atoms with Gasteiger partial charge in [0.15, 0.2) is 0 Å². The van der Waals surface area contributed by atoms with Crippen molar-refractivity contribution in [3.05, 3.63) is 43.7 Å². The van der Waals surface area contributed by atoms with Gasteiger partial charge in [-0.1, -0.05) is 31.5 Å². The molecule has 0 aliphatic carbocycles. The van der Waals surface area contributed by atoms with Gasteiger partial charge in [-0.3, -0.25) is 10.1 Å². The van der Waals surface area contributed by atoms with Crippen LogP contribution in [0.15, 0.2) is 29.6 Å². The van der Waals surface area contributed by atoms with Crippen LogP contribution in [0.5, 0.6) is 0 Å². The summed E-state index contributed by atoms with van der Waals surface area (Å²) in [6, 6.07) is 7.10. The number of aliphatic carboxylic acids is 1. The molecule has 0 radical (unpaired) electrons. The molecule has 2 aromatic rings. The van der Waals surface area contributed by atoms with E-state index in [-0.39, 0.29) is 6.04 Å². The van der Waals surface area contributed by atoms with Crippen molar-refractivity contribution in [3.63, 3.8) is 0 Å². The van der Waals surface area contributed by atoms with Crippen molar-refractivity contribution in [1.82, 2.24) is 5.32 Å². The summed E-state index contributed by atoms with van der Waals surface area (Å²) in [5.74, 6) is -0.498. The van der Waals surface area contributed by atoms with Gasteiger partial charge in [0.05, 0.1) is 10.4 Å². The molecule has 2 atom stereocenters. The van der Waals surface area contributed by atoms with Gasteiger partial charge < -0.3 is 5.11 Å². The second-order valence-electron chi connectivity index (χ2n) is 5.28. The minimum Gasteiger partial charge on any atom is -0.480 e. The summed E-state index contributed by atoms with van der Waals surface area (Å²) in [4.78, 5) is 13.6. The number of hydrogen-bond acceptors (Lipinski definition) is 4. The molecule has 6 heteroatoms. The first-order chi connectivity index (χ1) is 9.97. The van der Waals surface area contributed by atoms with E-state index in [9.17, 15) is 9.90 Å². The lowest BCUT2D eigenvalue weighted by molar-refractivity contribution is -0.140. The van der Waals surface area contributed by atoms with E-state index in [1.807, 2.05) is 43.5 Å². The van der Waals surface area contributed by atoms with Crippen LogP contribution < -0.4 is 5.32 Å². The Labute approximate surface area is 137 Å². The fourth-order valence-electron chi connectivity index (χ4n) is 2.16. The van der Waals surface area contributed by atoms with Crippen molar-refractivity contribution < 1.29 is 9.90 Å². The molecule has 0 aliphatic heterocycles. The molecular weight excluding hydrogens is 326 g/mol. The van der Waals surface area contributed by atoms with E-state index in [4.69, 9.17) is 11.6 Å². The zero-order valence-corrected chi connectivity index (χ0v) is 14.3. The molecule has 0 saturated carbocycles. The van der Waals surface area contributed by atoms with Gasteiger partial charge in [-0.25, -0.2) is 0 Å². The molecule has 0 bridgehead atoms. The first-order valence-electron chi connectivity index (χ1n) is 6.75. The Bertz CT molecular complexity index is 580. The molecular formula is C15H18ClNO2S2. The summed E-state index contributed by atoms with van der Waals surface area (Å²) in [5, 5.41) is 14.7. The number of carboxylic acid groups (broad SMARTS) is 1. The number of carbonyl (C=O) groups is 1. The monoisotopic (exact) mass is 343 g/mol. The first kappa shape index (κ1) is 16.5. The molecule has 3 nitrogen and oxygen atoms in total. The second-order valence-corrected chi connectivity index (χ2v) is 8.00. The summed E-state index contributed by atoms with van der Waals surface area (Å²) < 4.78 is 0.712. The predicted octanol–water partition coefficient (Wildman–Crippen LogP) is 4.64. The molecule has 0 saturated heterocycles. The molecule has 0 spiro atoms. The highest BCUT2D eigenvalue weighted by atomic mass is 35.5. The number of nitrogens with one attached hydrogen (secondary N) is 1. The summed E-state index contributed by atoms with van der Waals surface area (Å²) in [6.45, 7) is 4.06. The second kappa shape index (κ2) is 7.40. The molecule has 2 heterocycles. The average Bonchev–Trinajstić information content (AvgIpc) is 3.05. The van der Waals surface area contributed by atoms with Gasteiger partial charge in [-0.05, 0) is 35.9 Å². The fraction of sp³-hybridized carbons (Fsp3) is 0.400. The minimum absolute atomic E-state index is 0.123. The first-order valence-corrected chi connectivity index (χ1v) is 8.82. The lowest BCUT2D eigenvalue weighted by Gasteiger charge is -2.23. The Hall–Kier alpha value is -0.880. The van der Waals surface area contributed by atoms with Crippen LogP contribution in [0.25, 0.3) is 0 Å². The minimum atomic E-state index is -0.812. The van der Waals surface area contributed by atoms with Crippen LogP contribution in [0.3, 0.4) is 0 Å². The van der Waals surface area contributed by atoms with E-state index in [0.717, 1.165) is 9.75 Å². The highest BCUT2D eigenvalue weighted by Crippen LogP contribution is 2.33. The quantitative estimate of drug-likeness (QED) is 0.769. The normalized spacial score (nSPS) is 14.3. The van der Waals surface area contributed by atoms with Crippen LogP contribution in [-0.2, 0) is 4.79 Å². The van der Waals surface area contributed by atoms with Gasteiger partial charge >= 0.3 is 5.97 Å². The summed E-state index contributed by atoms with van der Waals surface area (Å²) in [6.07, 6.45) is 0.594. The zero-order chi connectivity index (χ0) is 15.4. The zero-order valence-electron chi connectivity index (χ0n) is 11.9. The van der Waals surface area contributed by atoms with E-state index in [2.05, 4.69) is 5.32 Å². The number of halogens is 1. The van der Waals surface area contributed by atoms with Gasteiger partial charge in [0.2, 0.25) is 0 Å². The van der Waals surface area contributed by atoms with E-state index < -0.39 is 12.0 Å². The fourth-order valence-corrected chi connectivity index (χ4v) is 4.17. The molecule has 2 unspecified atom stereocenters. The Kier molecular flexibility index (Phi) is 5.81. The third kappa shape index (κ3) is 4.54. The maximum Gasteiger partial charge on any atom is 0.320 e. The van der Waals surface area contributed by atoms with Crippen molar-refractivity contribution in [2.75, 3.05) is 0 Å². The summed E-state index contributed by atoms with van der Waals surface area (Å²) in [7, 11) is 0. The van der Waals surface area contributed by atoms with Gasteiger partial charge in [0, 0.05) is 9.75 Å². The van der Waals surface area contributed by atoms with Crippen LogP contribution in [0.1, 0.15) is 36.1 Å². The SMILES string of the molecule is CC(C)CC(NC(c1cccs1)c1ccc(Cl)s1)C(=O)O. The van der Waals surface area contributed by atoms with E-state index >= 15 is 0 Å². The average molecular weight is 344 g/mol. The number of rotatable bonds is 7. The molecule has 2 N–H and O–H groups in total. The lowest BCUT2D eigenvalue weighted by atomic mass is 10.0. The van der Waals surface area contributed by atoms with Gasteiger partial charge in [0.25, 0.3) is 0 Å². The molecule has 2 aromatic heterocycles. The molecule has 21 heavy (non-hydrogen) atoms. The largest absolute Gasteiger partial charge is 0.480 e.